The molecule has 3 rings (SSSR count). The van der Waals surface area contributed by atoms with E-state index >= 15 is 0 Å². The van der Waals surface area contributed by atoms with Gasteiger partial charge >= 0.3 is 0 Å². The van der Waals surface area contributed by atoms with Gasteiger partial charge in [0, 0.05) is 29.1 Å². The van der Waals surface area contributed by atoms with Gasteiger partial charge in [0.2, 0.25) is 5.91 Å². The van der Waals surface area contributed by atoms with E-state index < -0.39 is 6.04 Å². The van der Waals surface area contributed by atoms with Gasteiger partial charge in [0.25, 0.3) is 5.91 Å². The van der Waals surface area contributed by atoms with E-state index in [1.807, 2.05) is 76.2 Å². The van der Waals surface area contributed by atoms with Crippen molar-refractivity contribution in [3.8, 4) is 5.75 Å². The first-order chi connectivity index (χ1) is 17.2. The maximum atomic E-state index is 13.7. The standard InChI is InChI=1S/C29H32Cl2N2O3/c1-19(2)32-29(35)26(15-22-10-6-5-7-11-22)33(17-23-13-14-24(30)16-25(23)31)28(34)18-36-27-12-8-9-20(3)21(27)4/h5-14,16,19,26H,15,17-18H2,1-4H3,(H,32,35)/t26-/m1/s1. The van der Waals surface area contributed by atoms with Crippen LogP contribution in [0.5, 0.6) is 5.75 Å². The van der Waals surface area contributed by atoms with Crippen LogP contribution >= 0.6 is 23.2 Å². The number of ether oxygens (including phenoxy) is 1. The van der Waals surface area contributed by atoms with Gasteiger partial charge in [-0.15, -0.1) is 0 Å². The highest BCUT2D eigenvalue weighted by Gasteiger charge is 2.31. The summed E-state index contributed by atoms with van der Waals surface area (Å²) < 4.78 is 5.93. The molecule has 190 valence electrons. The fraction of sp³-hybridized carbons (Fsp3) is 0.310. The Morgan fingerprint density at radius 2 is 1.69 bits per heavy atom. The Balaban J connectivity index is 1.95. The molecule has 3 aromatic carbocycles. The average molecular weight is 527 g/mol. The molecule has 36 heavy (non-hydrogen) atoms. The molecule has 3 aromatic rings. The smallest absolute Gasteiger partial charge is 0.261 e. The van der Waals surface area contributed by atoms with Gasteiger partial charge in [0.1, 0.15) is 11.8 Å². The molecule has 2 amide bonds. The van der Waals surface area contributed by atoms with Crippen molar-refractivity contribution in [1.82, 2.24) is 10.2 Å². The first-order valence-corrected chi connectivity index (χ1v) is 12.7. The number of carbonyl (C=O) groups is 2. The van der Waals surface area contributed by atoms with Crippen molar-refractivity contribution in [1.29, 1.82) is 0 Å². The molecule has 0 aliphatic heterocycles. The molecule has 0 aliphatic rings. The number of carbonyl (C=O) groups excluding carboxylic acids is 2. The summed E-state index contributed by atoms with van der Waals surface area (Å²) in [5.41, 5.74) is 3.67. The number of rotatable bonds is 10. The van der Waals surface area contributed by atoms with Gasteiger partial charge in [-0.3, -0.25) is 9.59 Å². The van der Waals surface area contributed by atoms with Crippen LogP contribution in [0.3, 0.4) is 0 Å². The molecule has 0 aromatic heterocycles. The summed E-state index contributed by atoms with van der Waals surface area (Å²) in [6.07, 6.45) is 0.347. The largest absolute Gasteiger partial charge is 0.483 e. The van der Waals surface area contributed by atoms with Crippen LogP contribution in [-0.2, 0) is 22.6 Å². The maximum absolute atomic E-state index is 13.7. The Hall–Kier alpha value is -3.02. The molecular formula is C29H32Cl2N2O3. The fourth-order valence-electron chi connectivity index (χ4n) is 3.87. The van der Waals surface area contributed by atoms with Crippen molar-refractivity contribution in [3.63, 3.8) is 0 Å². The number of halogens is 2. The zero-order chi connectivity index (χ0) is 26.2. The Morgan fingerprint density at radius 1 is 0.972 bits per heavy atom. The Bertz CT molecular complexity index is 1200. The second kappa shape index (κ2) is 12.8. The van der Waals surface area contributed by atoms with Crippen LogP contribution in [0.4, 0.5) is 0 Å². The van der Waals surface area contributed by atoms with Gasteiger partial charge in [0.05, 0.1) is 0 Å². The fourth-order valence-corrected chi connectivity index (χ4v) is 4.34. The van der Waals surface area contributed by atoms with Gasteiger partial charge < -0.3 is 15.0 Å². The van der Waals surface area contributed by atoms with E-state index in [2.05, 4.69) is 5.32 Å². The highest BCUT2D eigenvalue weighted by atomic mass is 35.5. The SMILES string of the molecule is Cc1cccc(OCC(=O)N(Cc2ccc(Cl)cc2Cl)[C@H](Cc2ccccc2)C(=O)NC(C)C)c1C. The molecule has 0 fully saturated rings. The molecule has 0 radical (unpaired) electrons. The molecule has 0 spiro atoms. The quantitative estimate of drug-likeness (QED) is 0.344. The lowest BCUT2D eigenvalue weighted by Crippen LogP contribution is -2.52. The monoisotopic (exact) mass is 526 g/mol. The van der Waals surface area contributed by atoms with E-state index in [-0.39, 0.29) is 31.0 Å². The molecule has 1 atom stereocenters. The van der Waals surface area contributed by atoms with Crippen LogP contribution in [0.15, 0.2) is 66.7 Å². The van der Waals surface area contributed by atoms with Crippen molar-refractivity contribution in [2.75, 3.05) is 6.61 Å². The van der Waals surface area contributed by atoms with Gasteiger partial charge in [-0.05, 0) is 68.1 Å². The molecule has 5 nitrogen and oxygen atoms in total. The first kappa shape index (κ1) is 27.6. The predicted octanol–water partition coefficient (Wildman–Crippen LogP) is 6.15. The van der Waals surface area contributed by atoms with Crippen LogP contribution in [0, 0.1) is 13.8 Å². The number of nitrogens with zero attached hydrogens (tertiary/aromatic N) is 1. The number of benzene rings is 3. The summed E-state index contributed by atoms with van der Waals surface area (Å²) in [5.74, 6) is 0.0832. The lowest BCUT2D eigenvalue weighted by molar-refractivity contribution is -0.143. The molecule has 0 heterocycles. The summed E-state index contributed by atoms with van der Waals surface area (Å²) in [6.45, 7) is 7.65. The van der Waals surface area contributed by atoms with Crippen molar-refractivity contribution in [2.45, 2.75) is 52.7 Å². The molecule has 0 aliphatic carbocycles. The van der Waals surface area contributed by atoms with Gasteiger partial charge in [0.15, 0.2) is 6.61 Å². The second-order valence-corrected chi connectivity index (χ2v) is 9.96. The minimum absolute atomic E-state index is 0.0851. The van der Waals surface area contributed by atoms with Crippen LogP contribution in [0.25, 0.3) is 0 Å². The summed E-state index contributed by atoms with van der Waals surface area (Å²) in [5, 5.41) is 3.90. The minimum atomic E-state index is -0.767. The number of hydrogen-bond acceptors (Lipinski definition) is 3. The topological polar surface area (TPSA) is 58.6 Å². The molecule has 0 saturated carbocycles. The molecular weight excluding hydrogens is 495 g/mol. The lowest BCUT2D eigenvalue weighted by atomic mass is 10.0. The van der Waals surface area contributed by atoms with Crippen LogP contribution in [-0.4, -0.2) is 35.4 Å². The van der Waals surface area contributed by atoms with Crippen molar-refractivity contribution in [3.05, 3.63) is 99.0 Å². The summed E-state index contributed by atoms with van der Waals surface area (Å²) in [4.78, 5) is 28.6. The first-order valence-electron chi connectivity index (χ1n) is 11.9. The number of nitrogens with one attached hydrogen (secondary N) is 1. The van der Waals surface area contributed by atoms with E-state index in [1.165, 1.54) is 0 Å². The Morgan fingerprint density at radius 3 is 2.36 bits per heavy atom. The third kappa shape index (κ3) is 7.49. The van der Waals surface area contributed by atoms with E-state index in [0.29, 0.717) is 27.8 Å². The second-order valence-electron chi connectivity index (χ2n) is 9.11. The zero-order valence-corrected chi connectivity index (χ0v) is 22.6. The van der Waals surface area contributed by atoms with Gasteiger partial charge in [-0.1, -0.05) is 71.7 Å². The highest BCUT2D eigenvalue weighted by molar-refractivity contribution is 6.35. The number of aryl methyl sites for hydroxylation is 1. The third-order valence-electron chi connectivity index (χ3n) is 5.96. The van der Waals surface area contributed by atoms with Gasteiger partial charge in [-0.25, -0.2) is 0 Å². The molecule has 1 N–H and O–H groups in total. The van der Waals surface area contributed by atoms with E-state index in [1.54, 1.807) is 23.1 Å². The average Bonchev–Trinajstić information content (AvgIpc) is 2.83. The van der Waals surface area contributed by atoms with Crippen LogP contribution in [0.2, 0.25) is 10.0 Å². The maximum Gasteiger partial charge on any atom is 0.261 e. The van der Waals surface area contributed by atoms with Crippen LogP contribution in [0.1, 0.15) is 36.1 Å². The molecule has 0 saturated heterocycles. The lowest BCUT2D eigenvalue weighted by Gasteiger charge is -2.32. The van der Waals surface area contributed by atoms with E-state index in [4.69, 9.17) is 27.9 Å². The summed E-state index contributed by atoms with van der Waals surface area (Å²) in [6, 6.07) is 19.6. The molecule has 7 heteroatoms. The van der Waals surface area contributed by atoms with Gasteiger partial charge in [-0.2, -0.15) is 0 Å². The number of hydrogen-bond donors (Lipinski definition) is 1. The minimum Gasteiger partial charge on any atom is -0.483 e. The highest BCUT2D eigenvalue weighted by Crippen LogP contribution is 2.25. The van der Waals surface area contributed by atoms with E-state index in [0.717, 1.165) is 16.7 Å². The zero-order valence-electron chi connectivity index (χ0n) is 21.1. The Kier molecular flexibility index (Phi) is 9.80. The van der Waals surface area contributed by atoms with Crippen LogP contribution < -0.4 is 10.1 Å². The number of amides is 2. The Labute approximate surface area is 223 Å². The molecule has 0 bridgehead atoms. The summed E-state index contributed by atoms with van der Waals surface area (Å²) in [7, 11) is 0. The van der Waals surface area contributed by atoms with Crippen molar-refractivity contribution < 1.29 is 14.3 Å². The third-order valence-corrected chi connectivity index (χ3v) is 6.55. The normalized spacial score (nSPS) is 11.8. The van der Waals surface area contributed by atoms with E-state index in [9.17, 15) is 9.59 Å². The van der Waals surface area contributed by atoms with Crippen molar-refractivity contribution >= 4 is 35.0 Å². The van der Waals surface area contributed by atoms with Crippen molar-refractivity contribution in [2.24, 2.45) is 0 Å². The summed E-state index contributed by atoms with van der Waals surface area (Å²) >= 11 is 12.6. The molecule has 0 unspecified atom stereocenters. The predicted molar refractivity (Wildman–Crippen MR) is 146 cm³/mol.